The number of likely N-dealkylation sites (tertiary alicyclic amines) is 2. The van der Waals surface area contributed by atoms with E-state index in [2.05, 4.69) is 29.1 Å². The molecular weight excluding hydrogens is 466 g/mol. The van der Waals surface area contributed by atoms with Crippen molar-refractivity contribution in [2.75, 3.05) is 39.5 Å². The SMILES string of the molecule is CC1=CCC2C(=C1)ON=C2C1CCN(CCC2CCCN(C(=O)/C=C/c3ccc4c(c3)OCO4)C2)CC1. The van der Waals surface area contributed by atoms with Gasteiger partial charge in [0.2, 0.25) is 12.7 Å². The molecular formula is C30H37N3O4. The fourth-order valence-electron chi connectivity index (χ4n) is 6.30. The van der Waals surface area contributed by atoms with E-state index in [1.54, 1.807) is 6.08 Å². The first-order chi connectivity index (χ1) is 18.1. The summed E-state index contributed by atoms with van der Waals surface area (Å²) < 4.78 is 10.8. The largest absolute Gasteiger partial charge is 0.454 e. The Kier molecular flexibility index (Phi) is 7.05. The van der Waals surface area contributed by atoms with Crippen molar-refractivity contribution in [2.24, 2.45) is 22.9 Å². The van der Waals surface area contributed by atoms with E-state index in [0.29, 0.717) is 17.8 Å². The van der Waals surface area contributed by atoms with Gasteiger partial charge in [0, 0.05) is 25.1 Å². The second-order valence-corrected chi connectivity index (χ2v) is 11.0. The van der Waals surface area contributed by atoms with Crippen molar-refractivity contribution < 1.29 is 19.1 Å². The minimum Gasteiger partial charge on any atom is -0.454 e. The lowest BCUT2D eigenvalue weighted by atomic mass is 9.81. The van der Waals surface area contributed by atoms with Gasteiger partial charge in [-0.2, -0.15) is 0 Å². The molecule has 0 bridgehead atoms. The third kappa shape index (κ3) is 5.47. The van der Waals surface area contributed by atoms with E-state index in [1.165, 1.54) is 17.7 Å². The number of hydrogen-bond acceptors (Lipinski definition) is 6. The minimum absolute atomic E-state index is 0.101. The monoisotopic (exact) mass is 503 g/mol. The van der Waals surface area contributed by atoms with Crippen molar-refractivity contribution in [3.63, 3.8) is 0 Å². The number of allylic oxidation sites excluding steroid dienone is 4. The zero-order chi connectivity index (χ0) is 25.2. The lowest BCUT2D eigenvalue weighted by molar-refractivity contribution is -0.127. The van der Waals surface area contributed by atoms with Gasteiger partial charge in [-0.1, -0.05) is 22.9 Å². The van der Waals surface area contributed by atoms with Gasteiger partial charge in [-0.25, -0.2) is 0 Å². The number of oxime groups is 1. The summed E-state index contributed by atoms with van der Waals surface area (Å²) >= 11 is 0. The van der Waals surface area contributed by atoms with Crippen molar-refractivity contribution in [3.05, 3.63) is 53.3 Å². The lowest BCUT2D eigenvalue weighted by Crippen LogP contribution is -2.42. The fraction of sp³-hybridized carbons (Fsp3) is 0.533. The van der Waals surface area contributed by atoms with Crippen LogP contribution in [0.5, 0.6) is 11.5 Å². The van der Waals surface area contributed by atoms with Crippen LogP contribution < -0.4 is 9.47 Å². The molecule has 7 heteroatoms. The number of nitrogens with zero attached hydrogens (tertiary/aromatic N) is 3. The van der Waals surface area contributed by atoms with E-state index in [-0.39, 0.29) is 12.7 Å². The highest BCUT2D eigenvalue weighted by Gasteiger charge is 2.36. The van der Waals surface area contributed by atoms with Crippen LogP contribution in [0.3, 0.4) is 0 Å². The predicted octanol–water partition coefficient (Wildman–Crippen LogP) is 5.01. The van der Waals surface area contributed by atoms with Crippen LogP contribution in [0.1, 0.15) is 51.0 Å². The Balaban J connectivity index is 0.945. The second kappa shape index (κ2) is 10.7. The average Bonchev–Trinajstić information content (AvgIpc) is 3.57. The zero-order valence-electron chi connectivity index (χ0n) is 21.7. The van der Waals surface area contributed by atoms with Crippen LogP contribution in [0, 0.1) is 17.8 Å². The Morgan fingerprint density at radius 3 is 2.89 bits per heavy atom. The summed E-state index contributed by atoms with van der Waals surface area (Å²) in [5.41, 5.74) is 3.50. The molecule has 2 unspecified atom stereocenters. The maximum absolute atomic E-state index is 12.9. The lowest BCUT2D eigenvalue weighted by Gasteiger charge is -2.36. The number of amides is 1. The molecule has 0 N–H and O–H groups in total. The highest BCUT2D eigenvalue weighted by molar-refractivity contribution is 5.93. The Morgan fingerprint density at radius 1 is 1.14 bits per heavy atom. The van der Waals surface area contributed by atoms with Gasteiger partial charge in [0.25, 0.3) is 0 Å². The molecule has 4 aliphatic heterocycles. The molecule has 196 valence electrons. The van der Waals surface area contributed by atoms with Crippen molar-refractivity contribution in [1.29, 1.82) is 0 Å². The molecule has 7 nitrogen and oxygen atoms in total. The molecule has 1 amide bonds. The maximum atomic E-state index is 12.9. The van der Waals surface area contributed by atoms with Crippen molar-refractivity contribution >= 4 is 17.7 Å². The molecule has 2 atom stereocenters. The molecule has 4 heterocycles. The average molecular weight is 504 g/mol. The van der Waals surface area contributed by atoms with Gasteiger partial charge in [-0.05, 0) is 101 Å². The van der Waals surface area contributed by atoms with Gasteiger partial charge < -0.3 is 24.1 Å². The molecule has 1 aromatic rings. The Bertz CT molecular complexity index is 1150. The summed E-state index contributed by atoms with van der Waals surface area (Å²) in [6.07, 6.45) is 14.8. The number of hydrogen-bond donors (Lipinski definition) is 0. The van der Waals surface area contributed by atoms with E-state index >= 15 is 0 Å². The third-order valence-corrected chi connectivity index (χ3v) is 8.51. The van der Waals surface area contributed by atoms with Gasteiger partial charge in [0.05, 0.1) is 11.6 Å². The van der Waals surface area contributed by atoms with Crippen LogP contribution in [0.15, 0.2) is 52.9 Å². The first-order valence-electron chi connectivity index (χ1n) is 13.8. The minimum atomic E-state index is 0.101. The van der Waals surface area contributed by atoms with Crippen LogP contribution in [-0.4, -0.2) is 60.9 Å². The second-order valence-electron chi connectivity index (χ2n) is 11.0. The number of fused-ring (bicyclic) bond motifs is 2. The van der Waals surface area contributed by atoms with Crippen LogP contribution in [-0.2, 0) is 9.63 Å². The number of carbonyl (C=O) groups is 1. The Labute approximate surface area is 219 Å². The van der Waals surface area contributed by atoms with Crippen molar-refractivity contribution in [3.8, 4) is 11.5 Å². The highest BCUT2D eigenvalue weighted by atomic mass is 16.7. The van der Waals surface area contributed by atoms with Crippen LogP contribution in [0.4, 0.5) is 0 Å². The standard InChI is InChI=1S/C30H37N3O4/c1-21-4-7-25-27(17-21)37-31-30(25)24-11-15-32(16-12-24)14-10-23-3-2-13-33(19-23)29(34)9-6-22-5-8-26-28(18-22)36-20-35-26/h4-6,8-9,17-18,23-25H,2-3,7,10-16,19-20H2,1H3/b9-6+. The molecule has 2 fully saturated rings. The van der Waals surface area contributed by atoms with Crippen molar-refractivity contribution in [1.82, 2.24) is 9.80 Å². The molecule has 0 saturated carbocycles. The smallest absolute Gasteiger partial charge is 0.246 e. The molecule has 6 rings (SSSR count). The third-order valence-electron chi connectivity index (χ3n) is 8.51. The fourth-order valence-corrected chi connectivity index (χ4v) is 6.30. The number of piperidine rings is 2. The number of carbonyl (C=O) groups excluding carboxylic acids is 1. The molecule has 1 aliphatic carbocycles. The summed E-state index contributed by atoms with van der Waals surface area (Å²) in [5.74, 6) is 4.12. The van der Waals surface area contributed by atoms with E-state index in [9.17, 15) is 4.79 Å². The number of ether oxygens (including phenoxy) is 2. The first-order valence-corrected chi connectivity index (χ1v) is 13.8. The molecule has 1 aromatic carbocycles. The van der Waals surface area contributed by atoms with E-state index in [4.69, 9.17) is 14.3 Å². The van der Waals surface area contributed by atoms with Crippen LogP contribution in [0.2, 0.25) is 0 Å². The summed E-state index contributed by atoms with van der Waals surface area (Å²) in [7, 11) is 0. The van der Waals surface area contributed by atoms with Crippen LogP contribution >= 0.6 is 0 Å². The number of benzene rings is 1. The summed E-state index contributed by atoms with van der Waals surface area (Å²) in [4.78, 5) is 23.2. The van der Waals surface area contributed by atoms with Gasteiger partial charge in [-0.3, -0.25) is 4.79 Å². The first kappa shape index (κ1) is 24.3. The topological polar surface area (TPSA) is 63.6 Å². The van der Waals surface area contributed by atoms with Gasteiger partial charge in [-0.15, -0.1) is 0 Å². The van der Waals surface area contributed by atoms with E-state index in [1.807, 2.05) is 29.2 Å². The summed E-state index contributed by atoms with van der Waals surface area (Å²) in [6, 6.07) is 5.77. The van der Waals surface area contributed by atoms with E-state index in [0.717, 1.165) is 87.6 Å². The number of rotatable bonds is 6. The highest BCUT2D eigenvalue weighted by Crippen LogP contribution is 2.37. The normalized spacial score (nSPS) is 26.0. The maximum Gasteiger partial charge on any atom is 0.246 e. The van der Waals surface area contributed by atoms with Gasteiger partial charge >= 0.3 is 0 Å². The molecule has 0 spiro atoms. The van der Waals surface area contributed by atoms with Crippen LogP contribution in [0.25, 0.3) is 6.08 Å². The Morgan fingerprint density at radius 2 is 2.00 bits per heavy atom. The van der Waals surface area contributed by atoms with E-state index < -0.39 is 0 Å². The van der Waals surface area contributed by atoms with Gasteiger partial charge in [0.1, 0.15) is 5.76 Å². The molecule has 0 radical (unpaired) electrons. The summed E-state index contributed by atoms with van der Waals surface area (Å²) in [6.45, 7) is 7.46. The van der Waals surface area contributed by atoms with Gasteiger partial charge in [0.15, 0.2) is 11.5 Å². The molecule has 5 aliphatic rings. The molecule has 37 heavy (non-hydrogen) atoms. The van der Waals surface area contributed by atoms with Crippen molar-refractivity contribution in [2.45, 2.75) is 45.4 Å². The predicted molar refractivity (Wildman–Crippen MR) is 143 cm³/mol. The summed E-state index contributed by atoms with van der Waals surface area (Å²) in [5, 5.41) is 4.50. The zero-order valence-corrected chi connectivity index (χ0v) is 21.7. The Hall–Kier alpha value is -3.06. The molecule has 0 aromatic heterocycles. The molecule has 2 saturated heterocycles. The quantitative estimate of drug-likeness (QED) is 0.511.